The van der Waals surface area contributed by atoms with E-state index in [4.69, 9.17) is 9.47 Å². The van der Waals surface area contributed by atoms with Crippen LogP contribution in [0.5, 0.6) is 5.75 Å². The van der Waals surface area contributed by atoms with Gasteiger partial charge in [-0.25, -0.2) is 0 Å². The molecule has 18 heavy (non-hydrogen) atoms. The molecule has 6 heteroatoms. The van der Waals surface area contributed by atoms with Crippen molar-refractivity contribution in [1.29, 1.82) is 0 Å². The van der Waals surface area contributed by atoms with E-state index in [1.54, 1.807) is 6.07 Å². The number of benzene rings is 1. The zero-order valence-corrected chi connectivity index (χ0v) is 10.8. The van der Waals surface area contributed by atoms with Gasteiger partial charge in [0.25, 0.3) is 5.69 Å². The lowest BCUT2D eigenvalue weighted by atomic mass is 10.2. The molecule has 0 aliphatic rings. The Morgan fingerprint density at radius 1 is 1.44 bits per heavy atom. The maximum absolute atomic E-state index is 10.8. The molecule has 1 aromatic carbocycles. The number of non-ortho nitro benzene ring substituents is 1. The van der Waals surface area contributed by atoms with Gasteiger partial charge in [0.15, 0.2) is 0 Å². The van der Waals surface area contributed by atoms with Crippen LogP contribution in [0.3, 0.4) is 0 Å². The van der Waals surface area contributed by atoms with Gasteiger partial charge in [0.05, 0.1) is 24.7 Å². The van der Waals surface area contributed by atoms with Gasteiger partial charge >= 0.3 is 0 Å². The third-order valence-corrected chi connectivity index (χ3v) is 2.32. The smallest absolute Gasteiger partial charge is 0.275 e. The summed E-state index contributed by atoms with van der Waals surface area (Å²) in [4.78, 5) is 10.3. The van der Waals surface area contributed by atoms with Crippen molar-refractivity contribution in [3.8, 4) is 5.75 Å². The lowest BCUT2D eigenvalue weighted by Crippen LogP contribution is -2.21. The largest absolute Gasteiger partial charge is 0.496 e. The van der Waals surface area contributed by atoms with Gasteiger partial charge in [0.1, 0.15) is 5.75 Å². The number of hydrogen-bond donors (Lipinski definition) is 1. The first kappa shape index (κ1) is 14.2. The maximum Gasteiger partial charge on any atom is 0.275 e. The van der Waals surface area contributed by atoms with E-state index < -0.39 is 4.92 Å². The fourth-order valence-electron chi connectivity index (χ4n) is 1.51. The number of hydrogen-bond acceptors (Lipinski definition) is 5. The quantitative estimate of drug-likeness (QED) is 0.597. The van der Waals surface area contributed by atoms with E-state index in [0.717, 1.165) is 0 Å². The number of anilines is 1. The fourth-order valence-corrected chi connectivity index (χ4v) is 1.51. The second-order valence-corrected chi connectivity index (χ2v) is 3.88. The first-order chi connectivity index (χ1) is 8.56. The van der Waals surface area contributed by atoms with Crippen LogP contribution < -0.4 is 10.1 Å². The molecule has 1 rings (SSSR count). The summed E-state index contributed by atoms with van der Waals surface area (Å²) in [6, 6.07) is 4.65. The predicted molar refractivity (Wildman–Crippen MR) is 69.2 cm³/mol. The summed E-state index contributed by atoms with van der Waals surface area (Å²) in [6.07, 6.45) is 0. The highest BCUT2D eigenvalue weighted by atomic mass is 16.6. The first-order valence-electron chi connectivity index (χ1n) is 5.74. The highest BCUT2D eigenvalue weighted by Crippen LogP contribution is 2.26. The first-order valence-corrected chi connectivity index (χ1v) is 5.74. The Morgan fingerprint density at radius 2 is 2.17 bits per heavy atom. The molecule has 0 saturated carbocycles. The van der Waals surface area contributed by atoms with Gasteiger partial charge in [-0.3, -0.25) is 10.1 Å². The monoisotopic (exact) mass is 254 g/mol. The van der Waals surface area contributed by atoms with Crippen LogP contribution in [-0.4, -0.2) is 31.3 Å². The Balaban J connectivity index is 2.81. The minimum absolute atomic E-state index is 0.000426. The van der Waals surface area contributed by atoms with Gasteiger partial charge in [-0.1, -0.05) is 0 Å². The lowest BCUT2D eigenvalue weighted by Gasteiger charge is -2.15. The summed E-state index contributed by atoms with van der Waals surface area (Å²) in [5.41, 5.74) is 0.647. The molecule has 0 spiro atoms. The Hall–Kier alpha value is -1.82. The maximum atomic E-state index is 10.8. The molecular formula is C12H18N2O4. The van der Waals surface area contributed by atoms with E-state index in [-0.39, 0.29) is 11.7 Å². The fraction of sp³-hybridized carbons (Fsp3) is 0.500. The summed E-state index contributed by atoms with van der Waals surface area (Å²) in [5.74, 6) is 0.454. The van der Waals surface area contributed by atoms with E-state index in [9.17, 15) is 10.1 Å². The molecule has 1 unspecified atom stereocenters. The molecule has 0 aliphatic heterocycles. The summed E-state index contributed by atoms with van der Waals surface area (Å²) < 4.78 is 10.3. The molecular weight excluding hydrogens is 236 g/mol. The van der Waals surface area contributed by atoms with Gasteiger partial charge in [0, 0.05) is 30.5 Å². The van der Waals surface area contributed by atoms with Crippen molar-refractivity contribution >= 4 is 11.4 Å². The minimum atomic E-state index is -0.444. The standard InChI is InChI=1S/C12H18N2O4/c1-4-18-8-9(2)13-10-5-11(14(15)16)7-12(6-10)17-3/h5-7,9,13H,4,8H2,1-3H3. The van der Waals surface area contributed by atoms with Crippen LogP contribution in [0.15, 0.2) is 18.2 Å². The van der Waals surface area contributed by atoms with Crippen molar-refractivity contribution in [2.24, 2.45) is 0 Å². The average Bonchev–Trinajstić information content (AvgIpc) is 2.35. The molecule has 1 aromatic rings. The van der Waals surface area contributed by atoms with Crippen molar-refractivity contribution < 1.29 is 14.4 Å². The van der Waals surface area contributed by atoms with Gasteiger partial charge in [-0.05, 0) is 13.8 Å². The van der Waals surface area contributed by atoms with Gasteiger partial charge in [0.2, 0.25) is 0 Å². The van der Waals surface area contributed by atoms with Gasteiger partial charge in [-0.15, -0.1) is 0 Å². The molecule has 100 valence electrons. The van der Waals surface area contributed by atoms with Crippen LogP contribution in [0, 0.1) is 10.1 Å². The van der Waals surface area contributed by atoms with Crippen molar-refractivity contribution in [3.63, 3.8) is 0 Å². The Morgan fingerprint density at radius 3 is 2.72 bits per heavy atom. The Labute approximate surface area is 106 Å². The number of nitro benzene ring substituents is 1. The molecule has 1 N–H and O–H groups in total. The number of methoxy groups -OCH3 is 1. The summed E-state index contributed by atoms with van der Waals surface area (Å²) >= 11 is 0. The summed E-state index contributed by atoms with van der Waals surface area (Å²) in [6.45, 7) is 5.05. The lowest BCUT2D eigenvalue weighted by molar-refractivity contribution is -0.384. The SMILES string of the molecule is CCOCC(C)Nc1cc(OC)cc([N+](=O)[O-])c1. The van der Waals surface area contributed by atoms with Crippen LogP contribution in [0.1, 0.15) is 13.8 Å². The van der Waals surface area contributed by atoms with Crippen LogP contribution >= 0.6 is 0 Å². The third kappa shape index (κ3) is 4.21. The van der Waals surface area contributed by atoms with E-state index in [2.05, 4.69) is 5.32 Å². The highest BCUT2D eigenvalue weighted by Gasteiger charge is 2.11. The number of nitro groups is 1. The second-order valence-electron chi connectivity index (χ2n) is 3.88. The van der Waals surface area contributed by atoms with Crippen molar-refractivity contribution in [2.75, 3.05) is 25.6 Å². The Bertz CT molecular complexity index is 409. The molecule has 0 radical (unpaired) electrons. The normalized spacial score (nSPS) is 11.9. The van der Waals surface area contributed by atoms with Crippen LogP contribution in [0.2, 0.25) is 0 Å². The Kier molecular flexibility index (Phi) is 5.38. The van der Waals surface area contributed by atoms with Crippen LogP contribution in [0.4, 0.5) is 11.4 Å². The average molecular weight is 254 g/mol. The number of nitrogens with one attached hydrogen (secondary N) is 1. The number of ether oxygens (including phenoxy) is 2. The molecule has 0 aliphatic carbocycles. The zero-order valence-electron chi connectivity index (χ0n) is 10.8. The van der Waals surface area contributed by atoms with Crippen molar-refractivity contribution in [2.45, 2.75) is 19.9 Å². The molecule has 6 nitrogen and oxygen atoms in total. The highest BCUT2D eigenvalue weighted by molar-refractivity contribution is 5.56. The topological polar surface area (TPSA) is 73.6 Å². The zero-order chi connectivity index (χ0) is 13.5. The summed E-state index contributed by atoms with van der Waals surface area (Å²) in [7, 11) is 1.48. The van der Waals surface area contributed by atoms with E-state index in [0.29, 0.717) is 24.7 Å². The van der Waals surface area contributed by atoms with Crippen molar-refractivity contribution in [3.05, 3.63) is 28.3 Å². The molecule has 0 bridgehead atoms. The van der Waals surface area contributed by atoms with Crippen molar-refractivity contribution in [1.82, 2.24) is 0 Å². The number of nitrogens with zero attached hydrogens (tertiary/aromatic N) is 1. The van der Waals surface area contributed by atoms with Gasteiger partial charge in [-0.2, -0.15) is 0 Å². The molecule has 0 amide bonds. The van der Waals surface area contributed by atoms with E-state index in [1.807, 2.05) is 13.8 Å². The molecule has 0 aromatic heterocycles. The number of rotatable bonds is 7. The third-order valence-electron chi connectivity index (χ3n) is 2.32. The predicted octanol–water partition coefficient (Wildman–Crippen LogP) is 2.44. The molecule has 0 saturated heterocycles. The van der Waals surface area contributed by atoms with Crippen LogP contribution in [0.25, 0.3) is 0 Å². The second kappa shape index (κ2) is 6.80. The van der Waals surface area contributed by atoms with Crippen LogP contribution in [-0.2, 0) is 4.74 Å². The summed E-state index contributed by atoms with van der Waals surface area (Å²) in [5, 5.41) is 13.9. The molecule has 1 atom stereocenters. The van der Waals surface area contributed by atoms with E-state index >= 15 is 0 Å². The molecule has 0 heterocycles. The van der Waals surface area contributed by atoms with E-state index in [1.165, 1.54) is 19.2 Å². The van der Waals surface area contributed by atoms with Gasteiger partial charge < -0.3 is 14.8 Å². The molecule has 0 fully saturated rings. The minimum Gasteiger partial charge on any atom is -0.496 e.